The zero-order valence-corrected chi connectivity index (χ0v) is 17.4. The number of hydrogen-bond acceptors (Lipinski definition) is 2. The number of allylic oxidation sites excluding steroid dienone is 1. The van der Waals surface area contributed by atoms with E-state index >= 15 is 0 Å². The molecule has 1 unspecified atom stereocenters. The smallest absolute Gasteiger partial charge is 0.216 e. The van der Waals surface area contributed by atoms with Crippen molar-refractivity contribution < 1.29 is 4.74 Å². The van der Waals surface area contributed by atoms with Crippen LogP contribution in [0.15, 0.2) is 47.5 Å². The fourth-order valence-corrected chi connectivity index (χ4v) is 3.57. The second-order valence-corrected chi connectivity index (χ2v) is 7.80. The third-order valence-electron chi connectivity index (χ3n) is 5.28. The standard InChI is InChI=1S/C25H39NO/c1-2-3-4-5-6-7-8-9-10-11-12-13-14-18-21-24-22-27-25(26-24)23-19-16-15-17-20-23/h14-20,24H,2-13,21-22H2,1H3/b18-14+. The topological polar surface area (TPSA) is 21.6 Å². The first-order chi connectivity index (χ1) is 13.4. The van der Waals surface area contributed by atoms with E-state index in [-0.39, 0.29) is 6.04 Å². The van der Waals surface area contributed by atoms with Crippen molar-refractivity contribution in [2.45, 2.75) is 96.4 Å². The van der Waals surface area contributed by atoms with Gasteiger partial charge in [0.15, 0.2) is 0 Å². The van der Waals surface area contributed by atoms with Crippen LogP contribution in [-0.4, -0.2) is 18.5 Å². The van der Waals surface area contributed by atoms with Gasteiger partial charge in [0.2, 0.25) is 5.90 Å². The number of rotatable bonds is 15. The zero-order chi connectivity index (χ0) is 19.0. The maximum Gasteiger partial charge on any atom is 0.216 e. The van der Waals surface area contributed by atoms with Crippen molar-refractivity contribution in [1.29, 1.82) is 0 Å². The van der Waals surface area contributed by atoms with Gasteiger partial charge in [-0.3, -0.25) is 0 Å². The van der Waals surface area contributed by atoms with Gasteiger partial charge in [-0.2, -0.15) is 0 Å². The number of ether oxygens (including phenoxy) is 1. The highest BCUT2D eigenvalue weighted by Gasteiger charge is 2.18. The molecule has 1 atom stereocenters. The van der Waals surface area contributed by atoms with Crippen molar-refractivity contribution in [1.82, 2.24) is 0 Å². The van der Waals surface area contributed by atoms with Crippen molar-refractivity contribution in [3.63, 3.8) is 0 Å². The van der Waals surface area contributed by atoms with Gasteiger partial charge < -0.3 is 4.74 Å². The minimum absolute atomic E-state index is 0.286. The summed E-state index contributed by atoms with van der Waals surface area (Å²) in [6.45, 7) is 3.00. The third kappa shape index (κ3) is 9.79. The van der Waals surface area contributed by atoms with Gasteiger partial charge in [-0.1, -0.05) is 101 Å². The van der Waals surface area contributed by atoms with Gasteiger partial charge in [0.25, 0.3) is 0 Å². The molecule has 1 aliphatic rings. The lowest BCUT2D eigenvalue weighted by atomic mass is 10.1. The molecule has 2 heteroatoms. The van der Waals surface area contributed by atoms with Gasteiger partial charge in [0.1, 0.15) is 6.61 Å². The lowest BCUT2D eigenvalue weighted by Gasteiger charge is -2.02. The Morgan fingerprint density at radius 1 is 0.852 bits per heavy atom. The molecule has 0 saturated heterocycles. The highest BCUT2D eigenvalue weighted by molar-refractivity contribution is 5.95. The fourth-order valence-electron chi connectivity index (χ4n) is 3.57. The molecule has 1 aromatic carbocycles. The van der Waals surface area contributed by atoms with Gasteiger partial charge in [0, 0.05) is 5.56 Å². The van der Waals surface area contributed by atoms with Crippen LogP contribution in [0, 0.1) is 0 Å². The summed E-state index contributed by atoms with van der Waals surface area (Å²) in [6.07, 6.45) is 22.3. The predicted molar refractivity (Wildman–Crippen MR) is 118 cm³/mol. The van der Waals surface area contributed by atoms with Gasteiger partial charge >= 0.3 is 0 Å². The van der Waals surface area contributed by atoms with Gasteiger partial charge in [-0.25, -0.2) is 4.99 Å². The van der Waals surface area contributed by atoms with Crippen LogP contribution >= 0.6 is 0 Å². The quantitative estimate of drug-likeness (QED) is 0.232. The number of aliphatic imine (C=N–C) groups is 1. The molecule has 0 amide bonds. The van der Waals surface area contributed by atoms with E-state index in [1.807, 2.05) is 18.2 Å². The lowest BCUT2D eigenvalue weighted by molar-refractivity contribution is 0.318. The Hall–Kier alpha value is -1.57. The summed E-state index contributed by atoms with van der Waals surface area (Å²) >= 11 is 0. The number of nitrogens with zero attached hydrogens (tertiary/aromatic N) is 1. The van der Waals surface area contributed by atoms with E-state index in [0.717, 1.165) is 17.9 Å². The molecule has 27 heavy (non-hydrogen) atoms. The Morgan fingerprint density at radius 3 is 2.15 bits per heavy atom. The number of hydrogen-bond donors (Lipinski definition) is 0. The third-order valence-corrected chi connectivity index (χ3v) is 5.28. The molecule has 1 aromatic rings. The molecular formula is C25H39NO. The summed E-state index contributed by atoms with van der Waals surface area (Å²) in [6, 6.07) is 10.5. The Kier molecular flexibility index (Phi) is 11.7. The molecule has 0 aromatic heterocycles. The predicted octanol–water partition coefficient (Wildman–Crippen LogP) is 7.48. The molecule has 0 aliphatic carbocycles. The maximum atomic E-state index is 5.74. The van der Waals surface area contributed by atoms with Crippen LogP contribution < -0.4 is 0 Å². The minimum Gasteiger partial charge on any atom is -0.475 e. The van der Waals surface area contributed by atoms with Gasteiger partial charge in [-0.05, 0) is 31.4 Å². The normalized spacial score (nSPS) is 16.6. The van der Waals surface area contributed by atoms with E-state index in [9.17, 15) is 0 Å². The highest BCUT2D eigenvalue weighted by atomic mass is 16.5. The van der Waals surface area contributed by atoms with E-state index in [1.54, 1.807) is 0 Å². The highest BCUT2D eigenvalue weighted by Crippen LogP contribution is 2.15. The van der Waals surface area contributed by atoms with E-state index < -0.39 is 0 Å². The summed E-state index contributed by atoms with van der Waals surface area (Å²) in [7, 11) is 0. The van der Waals surface area contributed by atoms with Crippen LogP contribution in [0.1, 0.15) is 96.0 Å². The molecule has 1 heterocycles. The average Bonchev–Trinajstić information content (AvgIpc) is 3.18. The van der Waals surface area contributed by atoms with Crippen LogP contribution in [0.3, 0.4) is 0 Å². The van der Waals surface area contributed by atoms with E-state index in [1.165, 1.54) is 77.0 Å². The van der Waals surface area contributed by atoms with Gasteiger partial charge in [0.05, 0.1) is 6.04 Å². The maximum absolute atomic E-state index is 5.74. The van der Waals surface area contributed by atoms with Crippen LogP contribution in [0.2, 0.25) is 0 Å². The van der Waals surface area contributed by atoms with Crippen molar-refractivity contribution in [2.75, 3.05) is 6.61 Å². The van der Waals surface area contributed by atoms with Crippen molar-refractivity contribution >= 4 is 5.90 Å². The number of benzene rings is 1. The molecule has 0 radical (unpaired) electrons. The zero-order valence-electron chi connectivity index (χ0n) is 17.4. The first-order valence-electron chi connectivity index (χ1n) is 11.3. The molecule has 0 N–H and O–H groups in total. The molecule has 0 bridgehead atoms. The van der Waals surface area contributed by atoms with Crippen LogP contribution in [0.4, 0.5) is 0 Å². The summed E-state index contributed by atoms with van der Waals surface area (Å²) in [5.74, 6) is 0.805. The second-order valence-electron chi connectivity index (χ2n) is 7.80. The second kappa shape index (κ2) is 14.5. The van der Waals surface area contributed by atoms with E-state index in [2.05, 4.69) is 31.2 Å². The van der Waals surface area contributed by atoms with Crippen LogP contribution in [0.25, 0.3) is 0 Å². The van der Waals surface area contributed by atoms with Crippen molar-refractivity contribution in [3.05, 3.63) is 48.0 Å². The van der Waals surface area contributed by atoms with E-state index in [0.29, 0.717) is 6.61 Å². The molecule has 1 aliphatic heterocycles. The summed E-state index contributed by atoms with van der Waals surface area (Å²) in [4.78, 5) is 4.70. The molecule has 2 nitrogen and oxygen atoms in total. The monoisotopic (exact) mass is 369 g/mol. The summed E-state index contributed by atoms with van der Waals surface area (Å²) in [5, 5.41) is 0. The average molecular weight is 370 g/mol. The largest absolute Gasteiger partial charge is 0.475 e. The van der Waals surface area contributed by atoms with Gasteiger partial charge in [-0.15, -0.1) is 0 Å². The number of unbranched alkanes of at least 4 members (excludes halogenated alkanes) is 11. The molecular weight excluding hydrogens is 330 g/mol. The summed E-state index contributed by atoms with van der Waals surface area (Å²) < 4.78 is 5.74. The van der Waals surface area contributed by atoms with Crippen LogP contribution in [0.5, 0.6) is 0 Å². The Labute approximate surface area is 167 Å². The van der Waals surface area contributed by atoms with Crippen molar-refractivity contribution in [3.8, 4) is 0 Å². The lowest BCUT2D eigenvalue weighted by Crippen LogP contribution is -2.04. The SMILES string of the molecule is CCCCCCCCCCCCC/C=C/CC1COC(c2ccccc2)=N1. The Bertz CT molecular complexity index is 535. The molecule has 150 valence electrons. The first-order valence-corrected chi connectivity index (χ1v) is 11.3. The minimum atomic E-state index is 0.286. The molecule has 0 spiro atoms. The molecule has 0 saturated carbocycles. The molecule has 0 fully saturated rings. The van der Waals surface area contributed by atoms with Crippen molar-refractivity contribution in [2.24, 2.45) is 4.99 Å². The Balaban J connectivity index is 1.42. The Morgan fingerprint density at radius 2 is 1.48 bits per heavy atom. The summed E-state index contributed by atoms with van der Waals surface area (Å²) in [5.41, 5.74) is 1.09. The first kappa shape index (κ1) is 21.7. The van der Waals surface area contributed by atoms with Crippen LogP contribution in [-0.2, 0) is 4.74 Å². The fraction of sp³-hybridized carbons (Fsp3) is 0.640. The van der Waals surface area contributed by atoms with E-state index in [4.69, 9.17) is 9.73 Å². The molecule has 2 rings (SSSR count).